The summed E-state index contributed by atoms with van der Waals surface area (Å²) in [6, 6.07) is 1.73. The Morgan fingerprint density at radius 1 is 1.67 bits per heavy atom. The summed E-state index contributed by atoms with van der Waals surface area (Å²) >= 11 is 0. The number of morpholine rings is 1. The second-order valence-electron chi connectivity index (χ2n) is 4.57. The van der Waals surface area contributed by atoms with Crippen LogP contribution in [0.4, 0.5) is 5.69 Å². The fourth-order valence-electron chi connectivity index (χ4n) is 2.08. The monoisotopic (exact) mass is 249 g/mol. The second kappa shape index (κ2) is 5.35. The van der Waals surface area contributed by atoms with Crippen LogP contribution in [0, 0.1) is 6.92 Å². The number of ether oxygens (including phenoxy) is 1. The number of aryl methyl sites for hydroxylation is 1. The van der Waals surface area contributed by atoms with Crippen LogP contribution in [0.15, 0.2) is 12.3 Å². The molecule has 1 fully saturated rings. The molecule has 0 bridgehead atoms. The summed E-state index contributed by atoms with van der Waals surface area (Å²) < 4.78 is 5.55. The molecular formula is C13H19N3O2. The molecule has 2 rings (SSSR count). The van der Waals surface area contributed by atoms with Crippen molar-refractivity contribution in [1.29, 1.82) is 0 Å². The first-order chi connectivity index (χ1) is 8.61. The molecule has 1 atom stereocenters. The number of aromatic nitrogens is 1. The average Bonchev–Trinajstić information content (AvgIpc) is 2.38. The molecule has 5 nitrogen and oxygen atoms in total. The van der Waals surface area contributed by atoms with Gasteiger partial charge in [0.25, 0.3) is 5.91 Å². The summed E-state index contributed by atoms with van der Waals surface area (Å²) in [7, 11) is 0. The highest BCUT2D eigenvalue weighted by Crippen LogP contribution is 2.17. The highest BCUT2D eigenvalue weighted by Gasteiger charge is 2.25. The number of nitrogens with zero attached hydrogens (tertiary/aromatic N) is 2. The lowest BCUT2D eigenvalue weighted by molar-refractivity contribution is -0.0226. The summed E-state index contributed by atoms with van der Waals surface area (Å²) in [4.78, 5) is 18.3. The fourth-order valence-corrected chi connectivity index (χ4v) is 2.08. The summed E-state index contributed by atoms with van der Waals surface area (Å²) in [6.45, 7) is 5.74. The number of hydrogen-bond acceptors (Lipinski definition) is 4. The van der Waals surface area contributed by atoms with E-state index in [1.165, 1.54) is 0 Å². The highest BCUT2D eigenvalue weighted by molar-refractivity contribution is 5.98. The van der Waals surface area contributed by atoms with Crippen molar-refractivity contribution < 1.29 is 9.53 Å². The molecule has 5 heteroatoms. The van der Waals surface area contributed by atoms with Crippen LogP contribution in [-0.2, 0) is 4.74 Å². The smallest absolute Gasteiger partial charge is 0.257 e. The SMILES string of the molecule is CCC1CN(C(=O)c2cnc(C)cc2N)CCO1. The van der Waals surface area contributed by atoms with Gasteiger partial charge in [0.15, 0.2) is 0 Å². The van der Waals surface area contributed by atoms with Gasteiger partial charge >= 0.3 is 0 Å². The van der Waals surface area contributed by atoms with E-state index in [0.29, 0.717) is 30.9 Å². The van der Waals surface area contributed by atoms with Crippen molar-refractivity contribution in [3.63, 3.8) is 0 Å². The van der Waals surface area contributed by atoms with Gasteiger partial charge in [-0.1, -0.05) is 6.92 Å². The molecular weight excluding hydrogens is 230 g/mol. The predicted molar refractivity (Wildman–Crippen MR) is 69.3 cm³/mol. The van der Waals surface area contributed by atoms with Gasteiger partial charge in [0.05, 0.1) is 18.3 Å². The van der Waals surface area contributed by atoms with Crippen molar-refractivity contribution in [3.05, 3.63) is 23.5 Å². The molecule has 0 spiro atoms. The predicted octanol–water partition coefficient (Wildman–Crippen LogP) is 1.22. The highest BCUT2D eigenvalue weighted by atomic mass is 16.5. The summed E-state index contributed by atoms with van der Waals surface area (Å²) in [6.07, 6.45) is 2.59. The van der Waals surface area contributed by atoms with Gasteiger partial charge in [-0.25, -0.2) is 0 Å². The van der Waals surface area contributed by atoms with Crippen LogP contribution < -0.4 is 5.73 Å². The Labute approximate surface area is 107 Å². The first-order valence-electron chi connectivity index (χ1n) is 6.24. The first-order valence-corrected chi connectivity index (χ1v) is 6.24. The van der Waals surface area contributed by atoms with E-state index in [1.54, 1.807) is 17.2 Å². The summed E-state index contributed by atoms with van der Waals surface area (Å²) in [5.41, 5.74) is 7.67. The van der Waals surface area contributed by atoms with E-state index >= 15 is 0 Å². The quantitative estimate of drug-likeness (QED) is 0.855. The standard InChI is InChI=1S/C13H19N3O2/c1-3-10-8-16(4-5-18-10)13(17)11-7-15-9(2)6-12(11)14/h6-7,10H,3-5,8H2,1-2H3,(H2,14,15). The average molecular weight is 249 g/mol. The van der Waals surface area contributed by atoms with E-state index in [0.717, 1.165) is 12.1 Å². The Balaban J connectivity index is 2.15. The van der Waals surface area contributed by atoms with Crippen LogP contribution >= 0.6 is 0 Å². The number of hydrogen-bond donors (Lipinski definition) is 1. The lowest BCUT2D eigenvalue weighted by atomic mass is 10.1. The van der Waals surface area contributed by atoms with Gasteiger partial charge in [0.2, 0.25) is 0 Å². The van der Waals surface area contributed by atoms with E-state index in [9.17, 15) is 4.79 Å². The van der Waals surface area contributed by atoms with Crippen LogP contribution in [0.25, 0.3) is 0 Å². The zero-order valence-electron chi connectivity index (χ0n) is 10.8. The van der Waals surface area contributed by atoms with Crippen molar-refractivity contribution in [1.82, 2.24) is 9.88 Å². The normalized spacial score (nSPS) is 19.9. The van der Waals surface area contributed by atoms with Gasteiger partial charge in [-0.15, -0.1) is 0 Å². The van der Waals surface area contributed by atoms with Gasteiger partial charge < -0.3 is 15.4 Å². The second-order valence-corrected chi connectivity index (χ2v) is 4.57. The maximum absolute atomic E-state index is 12.3. The number of amides is 1. The zero-order chi connectivity index (χ0) is 13.1. The summed E-state index contributed by atoms with van der Waals surface area (Å²) in [5.74, 6) is -0.0539. The van der Waals surface area contributed by atoms with Crippen molar-refractivity contribution in [2.75, 3.05) is 25.4 Å². The molecule has 1 aliphatic rings. The molecule has 0 saturated carbocycles. The van der Waals surface area contributed by atoms with Gasteiger partial charge in [0.1, 0.15) is 0 Å². The molecule has 1 aliphatic heterocycles. The molecule has 1 unspecified atom stereocenters. The van der Waals surface area contributed by atoms with Gasteiger partial charge in [0, 0.05) is 30.7 Å². The number of nitrogens with two attached hydrogens (primary N) is 1. The number of rotatable bonds is 2. The third-order valence-electron chi connectivity index (χ3n) is 3.18. The molecule has 1 amide bonds. The first kappa shape index (κ1) is 12.8. The van der Waals surface area contributed by atoms with Crippen molar-refractivity contribution in [2.45, 2.75) is 26.4 Å². The number of carbonyl (C=O) groups excluding carboxylic acids is 1. The molecule has 2 heterocycles. The van der Waals surface area contributed by atoms with Crippen LogP contribution in [0.3, 0.4) is 0 Å². The van der Waals surface area contributed by atoms with Crippen LogP contribution in [-0.4, -0.2) is 41.6 Å². The number of pyridine rings is 1. The number of carbonyl (C=O) groups is 1. The van der Waals surface area contributed by atoms with E-state index in [4.69, 9.17) is 10.5 Å². The van der Waals surface area contributed by atoms with Gasteiger partial charge in [-0.05, 0) is 19.4 Å². The fraction of sp³-hybridized carbons (Fsp3) is 0.538. The Kier molecular flexibility index (Phi) is 3.81. The molecule has 98 valence electrons. The minimum absolute atomic E-state index is 0.0539. The van der Waals surface area contributed by atoms with E-state index < -0.39 is 0 Å². The molecule has 1 saturated heterocycles. The Morgan fingerprint density at radius 2 is 2.44 bits per heavy atom. The van der Waals surface area contributed by atoms with Crippen LogP contribution in [0.2, 0.25) is 0 Å². The molecule has 18 heavy (non-hydrogen) atoms. The zero-order valence-corrected chi connectivity index (χ0v) is 10.8. The molecule has 0 aliphatic carbocycles. The number of anilines is 1. The Bertz CT molecular complexity index is 448. The maximum atomic E-state index is 12.3. The lowest BCUT2D eigenvalue weighted by Crippen LogP contribution is -2.45. The third-order valence-corrected chi connectivity index (χ3v) is 3.18. The van der Waals surface area contributed by atoms with E-state index in [-0.39, 0.29) is 12.0 Å². The minimum atomic E-state index is -0.0539. The molecule has 0 aromatic carbocycles. The van der Waals surface area contributed by atoms with Crippen LogP contribution in [0.1, 0.15) is 29.4 Å². The number of nitrogen functional groups attached to an aromatic ring is 1. The van der Waals surface area contributed by atoms with Crippen molar-refractivity contribution in [2.24, 2.45) is 0 Å². The van der Waals surface area contributed by atoms with Crippen molar-refractivity contribution >= 4 is 11.6 Å². The largest absolute Gasteiger partial charge is 0.398 e. The topological polar surface area (TPSA) is 68.5 Å². The van der Waals surface area contributed by atoms with Crippen molar-refractivity contribution in [3.8, 4) is 0 Å². The van der Waals surface area contributed by atoms with Gasteiger partial charge in [-0.2, -0.15) is 0 Å². The Hall–Kier alpha value is -1.62. The van der Waals surface area contributed by atoms with Gasteiger partial charge in [-0.3, -0.25) is 9.78 Å². The third kappa shape index (κ3) is 2.61. The lowest BCUT2D eigenvalue weighted by Gasteiger charge is -2.32. The molecule has 2 N–H and O–H groups in total. The maximum Gasteiger partial charge on any atom is 0.257 e. The van der Waals surface area contributed by atoms with Crippen LogP contribution in [0.5, 0.6) is 0 Å². The van der Waals surface area contributed by atoms with E-state index in [2.05, 4.69) is 11.9 Å². The molecule has 1 aromatic heterocycles. The minimum Gasteiger partial charge on any atom is -0.398 e. The Morgan fingerprint density at radius 3 is 3.11 bits per heavy atom. The summed E-state index contributed by atoms with van der Waals surface area (Å²) in [5, 5.41) is 0. The van der Waals surface area contributed by atoms with E-state index in [1.807, 2.05) is 6.92 Å². The molecule has 1 aromatic rings. The molecule has 0 radical (unpaired) electrons.